The molecule has 0 spiro atoms. The molecule has 1 amide bonds. The van der Waals surface area contributed by atoms with Crippen LogP contribution in [0.15, 0.2) is 71.8 Å². The van der Waals surface area contributed by atoms with Crippen molar-refractivity contribution >= 4 is 22.6 Å². The molecule has 0 fully saturated rings. The topological polar surface area (TPSA) is 81.8 Å². The number of rotatable bonds is 5. The molecule has 0 aliphatic rings. The summed E-state index contributed by atoms with van der Waals surface area (Å²) >= 11 is 0. The smallest absolute Gasteiger partial charge is 0.247 e. The van der Waals surface area contributed by atoms with E-state index in [-0.39, 0.29) is 23.9 Å². The SMILES string of the molecule is Cc1cn(C(C)c2ccccc2)nc1NC(=O)Cn1ncc(=O)c2ccccc21. The summed E-state index contributed by atoms with van der Waals surface area (Å²) in [5.74, 6) is 0.259. The predicted molar refractivity (Wildman–Crippen MR) is 112 cm³/mol. The number of para-hydroxylation sites is 1. The Morgan fingerprint density at radius 1 is 1.10 bits per heavy atom. The molecule has 7 nitrogen and oxygen atoms in total. The van der Waals surface area contributed by atoms with Crippen LogP contribution in [0.2, 0.25) is 0 Å². The van der Waals surface area contributed by atoms with E-state index in [0.29, 0.717) is 16.7 Å². The number of aryl methyl sites for hydroxylation is 1. The molecule has 1 unspecified atom stereocenters. The van der Waals surface area contributed by atoms with E-state index in [2.05, 4.69) is 22.4 Å². The third kappa shape index (κ3) is 3.80. The van der Waals surface area contributed by atoms with Gasteiger partial charge in [0, 0.05) is 17.1 Å². The highest BCUT2D eigenvalue weighted by Crippen LogP contribution is 2.21. The van der Waals surface area contributed by atoms with Crippen LogP contribution >= 0.6 is 0 Å². The van der Waals surface area contributed by atoms with Crippen molar-refractivity contribution in [3.05, 3.63) is 88.3 Å². The molecule has 2 aromatic carbocycles. The minimum atomic E-state index is -0.257. The number of nitrogens with zero attached hydrogens (tertiary/aromatic N) is 4. The molecule has 0 bridgehead atoms. The van der Waals surface area contributed by atoms with Crippen molar-refractivity contribution in [2.45, 2.75) is 26.4 Å². The number of carbonyl (C=O) groups excluding carboxylic acids is 1. The van der Waals surface area contributed by atoms with Crippen molar-refractivity contribution < 1.29 is 4.79 Å². The fourth-order valence-electron chi connectivity index (χ4n) is 3.28. The molecule has 2 aromatic heterocycles. The Morgan fingerprint density at radius 3 is 2.62 bits per heavy atom. The zero-order chi connectivity index (χ0) is 20.4. The van der Waals surface area contributed by atoms with E-state index in [9.17, 15) is 9.59 Å². The lowest BCUT2D eigenvalue weighted by molar-refractivity contribution is -0.116. The van der Waals surface area contributed by atoms with Crippen molar-refractivity contribution in [2.24, 2.45) is 0 Å². The maximum atomic E-state index is 12.6. The summed E-state index contributed by atoms with van der Waals surface area (Å²) in [5, 5.41) is 12.0. The van der Waals surface area contributed by atoms with Gasteiger partial charge in [-0.3, -0.25) is 19.0 Å². The first-order valence-electron chi connectivity index (χ1n) is 9.38. The van der Waals surface area contributed by atoms with Gasteiger partial charge in [0.05, 0.1) is 17.8 Å². The Kier molecular flexibility index (Phi) is 4.95. The highest BCUT2D eigenvalue weighted by atomic mass is 16.2. The molecular weight excluding hydrogens is 366 g/mol. The summed E-state index contributed by atoms with van der Waals surface area (Å²) in [6.45, 7) is 3.95. The molecule has 7 heteroatoms. The molecule has 0 saturated heterocycles. The number of hydrogen-bond acceptors (Lipinski definition) is 4. The van der Waals surface area contributed by atoms with Gasteiger partial charge in [-0.05, 0) is 31.5 Å². The second-order valence-electron chi connectivity index (χ2n) is 6.96. The Hall–Kier alpha value is -3.74. The van der Waals surface area contributed by atoms with Crippen molar-refractivity contribution in [1.82, 2.24) is 19.6 Å². The zero-order valence-corrected chi connectivity index (χ0v) is 16.2. The first kappa shape index (κ1) is 18.6. The minimum absolute atomic E-state index is 0.0126. The number of amides is 1. The zero-order valence-electron chi connectivity index (χ0n) is 16.2. The van der Waals surface area contributed by atoms with Crippen LogP contribution < -0.4 is 10.7 Å². The van der Waals surface area contributed by atoms with Gasteiger partial charge in [-0.25, -0.2) is 0 Å². The highest BCUT2D eigenvalue weighted by Gasteiger charge is 2.15. The Labute approximate surface area is 167 Å². The molecule has 1 atom stereocenters. The van der Waals surface area contributed by atoms with Crippen molar-refractivity contribution in [2.75, 3.05) is 5.32 Å². The van der Waals surface area contributed by atoms with E-state index >= 15 is 0 Å². The van der Waals surface area contributed by atoms with Crippen molar-refractivity contribution in [3.63, 3.8) is 0 Å². The number of anilines is 1. The van der Waals surface area contributed by atoms with Gasteiger partial charge >= 0.3 is 0 Å². The normalized spacial score (nSPS) is 12.1. The van der Waals surface area contributed by atoms with E-state index in [4.69, 9.17) is 0 Å². The average molecular weight is 387 g/mol. The molecular formula is C22H21N5O2. The monoisotopic (exact) mass is 387 g/mol. The maximum Gasteiger partial charge on any atom is 0.247 e. The number of aromatic nitrogens is 4. The molecule has 0 radical (unpaired) electrons. The Morgan fingerprint density at radius 2 is 1.83 bits per heavy atom. The fraction of sp³-hybridized carbons (Fsp3) is 0.182. The van der Waals surface area contributed by atoms with Gasteiger partial charge in [0.25, 0.3) is 0 Å². The van der Waals surface area contributed by atoms with Gasteiger partial charge < -0.3 is 5.32 Å². The number of hydrogen-bond donors (Lipinski definition) is 1. The van der Waals surface area contributed by atoms with E-state index in [0.717, 1.165) is 11.1 Å². The summed E-state index contributed by atoms with van der Waals surface area (Å²) in [4.78, 5) is 24.6. The Bertz CT molecular complexity index is 1230. The van der Waals surface area contributed by atoms with Gasteiger partial charge in [-0.15, -0.1) is 0 Å². The minimum Gasteiger partial charge on any atom is -0.307 e. The van der Waals surface area contributed by atoms with E-state index < -0.39 is 0 Å². The summed E-state index contributed by atoms with van der Waals surface area (Å²) in [6.07, 6.45) is 3.15. The molecule has 4 rings (SSSR count). The number of fused-ring (bicyclic) bond motifs is 1. The van der Waals surface area contributed by atoms with Crippen LogP contribution in [0, 0.1) is 6.92 Å². The van der Waals surface area contributed by atoms with Gasteiger partial charge in [0.2, 0.25) is 11.3 Å². The van der Waals surface area contributed by atoms with Crippen LogP contribution in [0.3, 0.4) is 0 Å². The maximum absolute atomic E-state index is 12.6. The van der Waals surface area contributed by atoms with Gasteiger partial charge in [-0.2, -0.15) is 10.2 Å². The third-order valence-corrected chi connectivity index (χ3v) is 4.91. The molecule has 0 saturated carbocycles. The van der Waals surface area contributed by atoms with E-state index in [1.165, 1.54) is 10.9 Å². The molecule has 0 aliphatic carbocycles. The summed E-state index contributed by atoms with van der Waals surface area (Å²) < 4.78 is 3.36. The molecule has 4 aromatic rings. The molecule has 29 heavy (non-hydrogen) atoms. The number of carbonyl (C=O) groups is 1. The summed E-state index contributed by atoms with van der Waals surface area (Å²) in [5.41, 5.74) is 2.47. The molecule has 1 N–H and O–H groups in total. The van der Waals surface area contributed by atoms with Crippen molar-refractivity contribution in [1.29, 1.82) is 0 Å². The quantitative estimate of drug-likeness (QED) is 0.570. The fourth-order valence-corrected chi connectivity index (χ4v) is 3.28. The van der Waals surface area contributed by atoms with Crippen LogP contribution in [0.4, 0.5) is 5.82 Å². The van der Waals surface area contributed by atoms with Crippen LogP contribution in [-0.4, -0.2) is 25.5 Å². The van der Waals surface area contributed by atoms with E-state index in [1.54, 1.807) is 18.2 Å². The largest absolute Gasteiger partial charge is 0.307 e. The van der Waals surface area contributed by atoms with E-state index in [1.807, 2.05) is 54.2 Å². The van der Waals surface area contributed by atoms with Crippen LogP contribution in [0.5, 0.6) is 0 Å². The first-order valence-corrected chi connectivity index (χ1v) is 9.38. The molecule has 2 heterocycles. The lowest BCUT2D eigenvalue weighted by atomic mass is 10.1. The van der Waals surface area contributed by atoms with Crippen LogP contribution in [0.25, 0.3) is 10.9 Å². The average Bonchev–Trinajstić information content (AvgIpc) is 3.10. The molecule has 146 valence electrons. The second kappa shape index (κ2) is 7.71. The predicted octanol–water partition coefficient (Wildman–Crippen LogP) is 3.15. The number of benzene rings is 2. The van der Waals surface area contributed by atoms with Crippen molar-refractivity contribution in [3.8, 4) is 0 Å². The second-order valence-corrected chi connectivity index (χ2v) is 6.96. The van der Waals surface area contributed by atoms with Gasteiger partial charge in [0.15, 0.2) is 5.82 Å². The third-order valence-electron chi connectivity index (χ3n) is 4.91. The lowest BCUT2D eigenvalue weighted by Crippen LogP contribution is -2.23. The van der Waals surface area contributed by atoms with Crippen LogP contribution in [0.1, 0.15) is 24.1 Å². The summed E-state index contributed by atoms with van der Waals surface area (Å²) in [6, 6.07) is 17.2. The lowest BCUT2D eigenvalue weighted by Gasteiger charge is -2.12. The number of nitrogens with one attached hydrogen (secondary N) is 1. The summed E-state index contributed by atoms with van der Waals surface area (Å²) in [7, 11) is 0. The van der Waals surface area contributed by atoms with Gasteiger partial charge in [0.1, 0.15) is 6.54 Å². The Balaban J connectivity index is 1.53. The van der Waals surface area contributed by atoms with Crippen LogP contribution in [-0.2, 0) is 11.3 Å². The highest BCUT2D eigenvalue weighted by molar-refractivity contribution is 5.91. The first-order chi connectivity index (χ1) is 14.0. The van der Waals surface area contributed by atoms with Gasteiger partial charge in [-0.1, -0.05) is 42.5 Å². The molecule has 0 aliphatic heterocycles. The standard InChI is InChI=1S/C22H21N5O2/c1-15-13-26(16(2)17-8-4-3-5-9-17)25-22(15)24-21(29)14-27-19-11-7-6-10-18(19)20(28)12-23-27/h3-13,16H,14H2,1-2H3,(H,24,25,29).